The van der Waals surface area contributed by atoms with Gasteiger partial charge < -0.3 is 9.47 Å². The van der Waals surface area contributed by atoms with Crippen LogP contribution in [0.1, 0.15) is 23.6 Å². The number of ether oxygens (including phenoxy) is 2. The topological polar surface area (TPSA) is 42.2 Å². The predicted molar refractivity (Wildman–Crippen MR) is 121 cm³/mol. The molecule has 0 aliphatic heterocycles. The number of benzene rings is 3. The van der Waals surface area contributed by atoms with E-state index in [2.05, 4.69) is 22.0 Å². The lowest BCUT2D eigenvalue weighted by molar-refractivity contribution is 0.269. The van der Waals surface area contributed by atoms with E-state index in [4.69, 9.17) is 21.1 Å². The number of allylic oxidation sites excluding steroid dienone is 1. The Balaban J connectivity index is 1.92. The fourth-order valence-corrected chi connectivity index (χ4v) is 3.32. The van der Waals surface area contributed by atoms with Gasteiger partial charge in [0.05, 0.1) is 23.3 Å². The molecule has 0 aliphatic rings. The first kappa shape index (κ1) is 21.0. The minimum Gasteiger partial charge on any atom is -0.490 e. The van der Waals surface area contributed by atoms with Crippen molar-refractivity contribution in [2.24, 2.45) is 0 Å². The first-order valence-electron chi connectivity index (χ1n) is 9.11. The van der Waals surface area contributed by atoms with E-state index in [1.54, 1.807) is 12.1 Å². The maximum Gasteiger partial charge on any atom is 0.180 e. The van der Waals surface area contributed by atoms with Gasteiger partial charge >= 0.3 is 0 Å². The number of hydrogen-bond donors (Lipinski definition) is 0. The van der Waals surface area contributed by atoms with Gasteiger partial charge in [0.15, 0.2) is 11.5 Å². The van der Waals surface area contributed by atoms with Crippen LogP contribution in [0, 0.1) is 11.3 Å². The summed E-state index contributed by atoms with van der Waals surface area (Å²) in [7, 11) is 0. The van der Waals surface area contributed by atoms with Crippen molar-refractivity contribution in [2.45, 2.75) is 13.5 Å². The van der Waals surface area contributed by atoms with Gasteiger partial charge in [-0.25, -0.2) is 0 Å². The maximum absolute atomic E-state index is 9.60. The van der Waals surface area contributed by atoms with Crippen molar-refractivity contribution in [3.63, 3.8) is 0 Å². The van der Waals surface area contributed by atoms with Crippen LogP contribution >= 0.6 is 27.5 Å². The Morgan fingerprint density at radius 3 is 2.45 bits per heavy atom. The summed E-state index contributed by atoms with van der Waals surface area (Å²) in [5, 5.41) is 10.0. The van der Waals surface area contributed by atoms with Crippen LogP contribution in [0.2, 0.25) is 5.02 Å². The highest BCUT2D eigenvalue weighted by molar-refractivity contribution is 9.10. The third-order valence-corrected chi connectivity index (χ3v) is 4.95. The van der Waals surface area contributed by atoms with E-state index in [1.807, 2.05) is 67.6 Å². The van der Waals surface area contributed by atoms with Crippen molar-refractivity contribution in [2.75, 3.05) is 6.61 Å². The molecular formula is C24H19BrClNO2. The largest absolute Gasteiger partial charge is 0.490 e. The standard InChI is InChI=1S/C24H19BrClNO2/c1-2-28-23-14-18(12-20(15-27)19-8-10-21(25)11-9-19)13-22(26)24(23)29-16-17-6-4-3-5-7-17/h3-14H,2,16H2,1H3/b20-12+. The zero-order valence-corrected chi connectivity index (χ0v) is 18.2. The third kappa shape index (κ3) is 5.63. The number of nitrogens with zero attached hydrogens (tertiary/aromatic N) is 1. The Bertz CT molecular complexity index is 1040. The summed E-state index contributed by atoms with van der Waals surface area (Å²) in [6.07, 6.45) is 1.79. The summed E-state index contributed by atoms with van der Waals surface area (Å²) >= 11 is 9.92. The van der Waals surface area contributed by atoms with E-state index in [1.165, 1.54) is 0 Å². The molecule has 3 nitrogen and oxygen atoms in total. The molecular weight excluding hydrogens is 450 g/mol. The Hall–Kier alpha value is -2.74. The molecule has 5 heteroatoms. The van der Waals surface area contributed by atoms with Gasteiger partial charge in [0.2, 0.25) is 0 Å². The summed E-state index contributed by atoms with van der Waals surface area (Å²) < 4.78 is 12.7. The van der Waals surface area contributed by atoms with Gasteiger partial charge in [0.25, 0.3) is 0 Å². The van der Waals surface area contributed by atoms with Crippen molar-refractivity contribution in [3.05, 3.63) is 92.9 Å². The SMILES string of the molecule is CCOc1cc(/C=C(\C#N)c2ccc(Br)cc2)cc(Cl)c1OCc1ccccc1. The molecule has 0 saturated carbocycles. The van der Waals surface area contributed by atoms with Crippen molar-refractivity contribution < 1.29 is 9.47 Å². The molecule has 0 bridgehead atoms. The Morgan fingerprint density at radius 1 is 1.07 bits per heavy atom. The van der Waals surface area contributed by atoms with Gasteiger partial charge in [-0.1, -0.05) is 70.0 Å². The quantitative estimate of drug-likeness (QED) is 0.273. The molecule has 146 valence electrons. The summed E-state index contributed by atoms with van der Waals surface area (Å²) in [6.45, 7) is 2.76. The van der Waals surface area contributed by atoms with E-state index in [-0.39, 0.29) is 0 Å². The van der Waals surface area contributed by atoms with Crippen LogP contribution in [0.4, 0.5) is 0 Å². The Morgan fingerprint density at radius 2 is 1.79 bits per heavy atom. The zero-order chi connectivity index (χ0) is 20.6. The summed E-state index contributed by atoms with van der Waals surface area (Å²) in [6, 6.07) is 23.3. The van der Waals surface area contributed by atoms with Crippen LogP contribution in [0.5, 0.6) is 11.5 Å². The molecule has 0 N–H and O–H groups in total. The van der Waals surface area contributed by atoms with Gasteiger partial charge in [-0.3, -0.25) is 0 Å². The molecule has 0 amide bonds. The molecule has 3 rings (SSSR count). The lowest BCUT2D eigenvalue weighted by Crippen LogP contribution is -2.01. The van der Waals surface area contributed by atoms with Crippen LogP contribution in [-0.2, 0) is 6.61 Å². The monoisotopic (exact) mass is 467 g/mol. The first-order valence-corrected chi connectivity index (χ1v) is 10.3. The molecule has 3 aromatic rings. The third-order valence-electron chi connectivity index (χ3n) is 4.14. The van der Waals surface area contributed by atoms with Crippen LogP contribution in [0.3, 0.4) is 0 Å². The molecule has 0 atom stereocenters. The molecule has 0 saturated heterocycles. The molecule has 29 heavy (non-hydrogen) atoms. The highest BCUT2D eigenvalue weighted by Crippen LogP contribution is 2.38. The highest BCUT2D eigenvalue weighted by Gasteiger charge is 2.13. The van der Waals surface area contributed by atoms with Crippen molar-refractivity contribution in [3.8, 4) is 17.6 Å². The zero-order valence-electron chi connectivity index (χ0n) is 15.9. The maximum atomic E-state index is 9.60. The molecule has 0 aromatic heterocycles. The van der Waals surface area contributed by atoms with Crippen LogP contribution in [0.25, 0.3) is 11.6 Å². The van der Waals surface area contributed by atoms with E-state index < -0.39 is 0 Å². The lowest BCUT2D eigenvalue weighted by Gasteiger charge is -2.15. The normalized spacial score (nSPS) is 11.0. The average Bonchev–Trinajstić information content (AvgIpc) is 2.73. The lowest BCUT2D eigenvalue weighted by atomic mass is 10.0. The van der Waals surface area contributed by atoms with Gasteiger partial charge in [0, 0.05) is 4.47 Å². The molecule has 0 unspecified atom stereocenters. The van der Waals surface area contributed by atoms with Crippen molar-refractivity contribution in [1.82, 2.24) is 0 Å². The molecule has 0 radical (unpaired) electrons. The van der Waals surface area contributed by atoms with Crippen LogP contribution < -0.4 is 9.47 Å². The molecule has 0 heterocycles. The molecule has 3 aromatic carbocycles. The molecule has 0 fully saturated rings. The van der Waals surface area contributed by atoms with Crippen molar-refractivity contribution >= 4 is 39.2 Å². The number of halogens is 2. The van der Waals surface area contributed by atoms with Gasteiger partial charge in [-0.15, -0.1) is 0 Å². The van der Waals surface area contributed by atoms with Gasteiger partial charge in [0.1, 0.15) is 6.61 Å². The second-order valence-corrected chi connectivity index (χ2v) is 7.54. The minimum atomic E-state index is 0.387. The molecule has 0 spiro atoms. The molecule has 0 aliphatic carbocycles. The fourth-order valence-electron chi connectivity index (χ4n) is 2.78. The van der Waals surface area contributed by atoms with E-state index in [0.29, 0.717) is 35.3 Å². The van der Waals surface area contributed by atoms with Gasteiger partial charge in [-0.05, 0) is 54.0 Å². The van der Waals surface area contributed by atoms with E-state index in [0.717, 1.165) is 21.2 Å². The van der Waals surface area contributed by atoms with E-state index in [9.17, 15) is 5.26 Å². The summed E-state index contributed by atoms with van der Waals surface area (Å²) in [4.78, 5) is 0. The second-order valence-electron chi connectivity index (χ2n) is 6.21. The van der Waals surface area contributed by atoms with E-state index >= 15 is 0 Å². The Labute approximate surface area is 184 Å². The Kier molecular flexibility index (Phi) is 7.35. The number of nitriles is 1. The van der Waals surface area contributed by atoms with Crippen LogP contribution in [0.15, 0.2) is 71.2 Å². The fraction of sp³-hybridized carbons (Fsp3) is 0.125. The highest BCUT2D eigenvalue weighted by atomic mass is 79.9. The van der Waals surface area contributed by atoms with Gasteiger partial charge in [-0.2, -0.15) is 5.26 Å². The minimum absolute atomic E-state index is 0.387. The summed E-state index contributed by atoms with van der Waals surface area (Å²) in [5.41, 5.74) is 3.17. The smallest absolute Gasteiger partial charge is 0.180 e. The number of hydrogen-bond acceptors (Lipinski definition) is 3. The summed E-state index contributed by atoms with van der Waals surface area (Å²) in [5.74, 6) is 1.05. The van der Waals surface area contributed by atoms with Crippen molar-refractivity contribution in [1.29, 1.82) is 5.26 Å². The first-order chi connectivity index (χ1) is 14.1. The predicted octanol–water partition coefficient (Wildman–Crippen LogP) is 7.14. The van der Waals surface area contributed by atoms with Crippen LogP contribution in [-0.4, -0.2) is 6.61 Å². The number of rotatable bonds is 7. The second kappa shape index (κ2) is 10.2. The average molecular weight is 469 g/mol.